The van der Waals surface area contributed by atoms with Crippen molar-refractivity contribution in [3.63, 3.8) is 0 Å². The predicted molar refractivity (Wildman–Crippen MR) is 88.7 cm³/mol. The van der Waals surface area contributed by atoms with Crippen LogP contribution in [0.1, 0.15) is 45.1 Å². The largest absolute Gasteiger partial charge is 0.371 e. The van der Waals surface area contributed by atoms with Gasteiger partial charge in [-0.2, -0.15) is 0 Å². The fraction of sp³-hybridized carbons (Fsp3) is 0.647. The molecule has 0 spiro atoms. The van der Waals surface area contributed by atoms with E-state index < -0.39 is 0 Å². The molecule has 2 N–H and O–H groups in total. The van der Waals surface area contributed by atoms with Crippen LogP contribution in [-0.4, -0.2) is 19.1 Å². The van der Waals surface area contributed by atoms with Crippen molar-refractivity contribution in [1.82, 2.24) is 0 Å². The molecule has 1 aromatic rings. The normalized spacial score (nSPS) is 21.6. The topological polar surface area (TPSA) is 29.3 Å². The number of hydrogen-bond donors (Lipinski definition) is 1. The van der Waals surface area contributed by atoms with Crippen LogP contribution in [0, 0.1) is 5.92 Å². The van der Waals surface area contributed by atoms with Gasteiger partial charge in [-0.05, 0) is 55.7 Å². The zero-order valence-corrected chi connectivity index (χ0v) is 13.5. The van der Waals surface area contributed by atoms with Crippen LogP contribution in [0.5, 0.6) is 0 Å². The van der Waals surface area contributed by atoms with Crippen molar-refractivity contribution in [2.45, 2.75) is 52.0 Å². The second-order valence-electron chi connectivity index (χ2n) is 6.17. The second kappa shape index (κ2) is 7.33. The number of anilines is 1. The number of hydrogen-bond acceptors (Lipinski definition) is 2. The molecular weight excluding hydrogens is 268 g/mol. The molecule has 0 aromatic heterocycles. The van der Waals surface area contributed by atoms with Crippen LogP contribution >= 0.6 is 11.6 Å². The first-order valence-corrected chi connectivity index (χ1v) is 8.27. The van der Waals surface area contributed by atoms with Gasteiger partial charge in [0.15, 0.2) is 0 Å². The molecule has 2 unspecified atom stereocenters. The lowest BCUT2D eigenvalue weighted by molar-refractivity contribution is 0.521. The molecule has 112 valence electrons. The van der Waals surface area contributed by atoms with Gasteiger partial charge in [0, 0.05) is 29.8 Å². The van der Waals surface area contributed by atoms with Crippen molar-refractivity contribution in [2.75, 3.05) is 18.0 Å². The SMILES string of the molecule is CCC(N)Cc1ccc(Cl)cc1N1CCCC(C)CC1. The molecule has 0 saturated carbocycles. The van der Waals surface area contributed by atoms with Crippen LogP contribution in [0.25, 0.3) is 0 Å². The standard InChI is InChI=1S/C17H27ClN2/c1-3-16(19)11-14-6-7-15(18)12-17(14)20-9-4-5-13(2)8-10-20/h6-7,12-13,16H,3-5,8-11,19H2,1-2H3. The van der Waals surface area contributed by atoms with E-state index in [4.69, 9.17) is 17.3 Å². The van der Waals surface area contributed by atoms with Gasteiger partial charge in [0.1, 0.15) is 0 Å². The van der Waals surface area contributed by atoms with E-state index >= 15 is 0 Å². The summed E-state index contributed by atoms with van der Waals surface area (Å²) < 4.78 is 0. The molecule has 2 rings (SSSR count). The van der Waals surface area contributed by atoms with E-state index in [1.807, 2.05) is 6.07 Å². The van der Waals surface area contributed by atoms with Crippen LogP contribution in [0.2, 0.25) is 5.02 Å². The fourth-order valence-corrected chi connectivity index (χ4v) is 3.10. The lowest BCUT2D eigenvalue weighted by Gasteiger charge is -2.26. The van der Waals surface area contributed by atoms with Crippen LogP contribution in [0.4, 0.5) is 5.69 Å². The van der Waals surface area contributed by atoms with Gasteiger partial charge in [0.05, 0.1) is 0 Å². The van der Waals surface area contributed by atoms with Gasteiger partial charge in [-0.15, -0.1) is 0 Å². The number of halogens is 1. The molecule has 2 atom stereocenters. The van der Waals surface area contributed by atoms with Gasteiger partial charge in [0.25, 0.3) is 0 Å². The van der Waals surface area contributed by atoms with E-state index in [0.29, 0.717) is 0 Å². The summed E-state index contributed by atoms with van der Waals surface area (Å²) >= 11 is 6.22. The van der Waals surface area contributed by atoms with Gasteiger partial charge >= 0.3 is 0 Å². The highest BCUT2D eigenvalue weighted by Crippen LogP contribution is 2.29. The van der Waals surface area contributed by atoms with Crippen LogP contribution in [0.15, 0.2) is 18.2 Å². The quantitative estimate of drug-likeness (QED) is 0.899. The molecule has 0 aliphatic carbocycles. The third-order valence-corrected chi connectivity index (χ3v) is 4.65. The first-order chi connectivity index (χ1) is 9.60. The Kier molecular flexibility index (Phi) is 5.74. The van der Waals surface area contributed by atoms with Gasteiger partial charge in [0.2, 0.25) is 0 Å². The maximum atomic E-state index is 6.22. The van der Waals surface area contributed by atoms with E-state index in [-0.39, 0.29) is 6.04 Å². The van der Waals surface area contributed by atoms with Crippen molar-refractivity contribution in [1.29, 1.82) is 0 Å². The van der Waals surface area contributed by atoms with E-state index in [0.717, 1.165) is 36.9 Å². The Labute approximate surface area is 128 Å². The summed E-state index contributed by atoms with van der Waals surface area (Å²) in [5.41, 5.74) is 8.79. The molecular formula is C17H27ClN2. The Morgan fingerprint density at radius 2 is 2.15 bits per heavy atom. The summed E-state index contributed by atoms with van der Waals surface area (Å²) in [5, 5.41) is 0.825. The van der Waals surface area contributed by atoms with E-state index in [2.05, 4.69) is 30.9 Å². The molecule has 20 heavy (non-hydrogen) atoms. The molecule has 0 radical (unpaired) electrons. The first-order valence-electron chi connectivity index (χ1n) is 7.89. The lowest BCUT2D eigenvalue weighted by Crippen LogP contribution is -2.27. The third kappa shape index (κ3) is 4.13. The third-order valence-electron chi connectivity index (χ3n) is 4.41. The van der Waals surface area contributed by atoms with Crippen LogP contribution in [0.3, 0.4) is 0 Å². The van der Waals surface area contributed by atoms with Crippen molar-refractivity contribution >= 4 is 17.3 Å². The zero-order valence-electron chi connectivity index (χ0n) is 12.7. The summed E-state index contributed by atoms with van der Waals surface area (Å²) in [5.74, 6) is 0.834. The molecule has 0 amide bonds. The van der Waals surface area contributed by atoms with Crippen molar-refractivity contribution in [2.24, 2.45) is 11.7 Å². The molecule has 2 nitrogen and oxygen atoms in total. The molecule has 3 heteroatoms. The highest BCUT2D eigenvalue weighted by atomic mass is 35.5. The summed E-state index contributed by atoms with van der Waals surface area (Å²) in [6, 6.07) is 6.50. The first kappa shape index (κ1) is 15.7. The maximum Gasteiger partial charge on any atom is 0.0426 e. The number of nitrogens with two attached hydrogens (primary N) is 1. The minimum atomic E-state index is 0.237. The lowest BCUT2D eigenvalue weighted by atomic mass is 10.0. The van der Waals surface area contributed by atoms with Gasteiger partial charge < -0.3 is 10.6 Å². The Balaban J connectivity index is 2.21. The molecule has 1 aliphatic heterocycles. The molecule has 1 heterocycles. The molecule has 1 aliphatic rings. The van der Waals surface area contributed by atoms with Crippen molar-refractivity contribution in [3.8, 4) is 0 Å². The van der Waals surface area contributed by atoms with Crippen LogP contribution < -0.4 is 10.6 Å². The molecule has 1 saturated heterocycles. The maximum absolute atomic E-state index is 6.22. The van der Waals surface area contributed by atoms with Gasteiger partial charge in [-0.3, -0.25) is 0 Å². The zero-order chi connectivity index (χ0) is 14.5. The smallest absolute Gasteiger partial charge is 0.0426 e. The number of nitrogens with zero attached hydrogens (tertiary/aromatic N) is 1. The Hall–Kier alpha value is -0.730. The van der Waals surface area contributed by atoms with E-state index in [1.54, 1.807) is 0 Å². The molecule has 0 bridgehead atoms. The summed E-state index contributed by atoms with van der Waals surface area (Å²) in [6.45, 7) is 6.78. The average Bonchev–Trinajstić information content (AvgIpc) is 2.65. The van der Waals surface area contributed by atoms with Crippen molar-refractivity contribution in [3.05, 3.63) is 28.8 Å². The number of rotatable bonds is 4. The predicted octanol–water partition coefficient (Wildman–Crippen LogP) is 4.25. The van der Waals surface area contributed by atoms with Crippen LogP contribution in [-0.2, 0) is 6.42 Å². The highest BCUT2D eigenvalue weighted by Gasteiger charge is 2.17. The Morgan fingerprint density at radius 1 is 1.35 bits per heavy atom. The summed E-state index contributed by atoms with van der Waals surface area (Å²) in [4.78, 5) is 2.51. The van der Waals surface area contributed by atoms with E-state index in [9.17, 15) is 0 Å². The molecule has 1 aromatic carbocycles. The van der Waals surface area contributed by atoms with Crippen molar-refractivity contribution < 1.29 is 0 Å². The Bertz CT molecular complexity index is 433. The molecule has 1 fully saturated rings. The minimum absolute atomic E-state index is 0.237. The monoisotopic (exact) mass is 294 g/mol. The summed E-state index contributed by atoms with van der Waals surface area (Å²) in [6.07, 6.45) is 5.83. The minimum Gasteiger partial charge on any atom is -0.371 e. The Morgan fingerprint density at radius 3 is 2.90 bits per heavy atom. The van der Waals surface area contributed by atoms with Gasteiger partial charge in [-0.25, -0.2) is 0 Å². The number of benzene rings is 1. The fourth-order valence-electron chi connectivity index (χ4n) is 2.93. The average molecular weight is 295 g/mol. The van der Waals surface area contributed by atoms with Gasteiger partial charge in [-0.1, -0.05) is 31.5 Å². The van der Waals surface area contributed by atoms with E-state index in [1.165, 1.54) is 30.5 Å². The summed E-state index contributed by atoms with van der Waals surface area (Å²) in [7, 11) is 0. The second-order valence-corrected chi connectivity index (χ2v) is 6.61. The highest BCUT2D eigenvalue weighted by molar-refractivity contribution is 6.30.